The van der Waals surface area contributed by atoms with Gasteiger partial charge in [-0.2, -0.15) is 0 Å². The molecular weight excluding hydrogens is 613 g/mol. The quantitative estimate of drug-likeness (QED) is 0.166. The molecule has 0 bridgehead atoms. The van der Waals surface area contributed by atoms with Gasteiger partial charge in [-0.3, -0.25) is 0 Å². The predicted octanol–water partition coefficient (Wildman–Crippen LogP) is 14.4. The summed E-state index contributed by atoms with van der Waals surface area (Å²) in [6.45, 7) is 6.34. The van der Waals surface area contributed by atoms with Crippen LogP contribution in [-0.4, -0.2) is 0 Å². The van der Waals surface area contributed by atoms with E-state index in [-0.39, 0.29) is 0 Å². The topological polar surface area (TPSA) is 0 Å². The van der Waals surface area contributed by atoms with Crippen molar-refractivity contribution in [3.05, 3.63) is 217 Å². The van der Waals surface area contributed by atoms with Crippen LogP contribution in [0.25, 0.3) is 65.7 Å². The summed E-state index contributed by atoms with van der Waals surface area (Å²) < 4.78 is 0. The van der Waals surface area contributed by atoms with Crippen molar-refractivity contribution >= 4 is 32.3 Å². The van der Waals surface area contributed by atoms with Crippen molar-refractivity contribution in [3.8, 4) is 33.4 Å². The predicted molar refractivity (Wildman–Crippen MR) is 222 cm³/mol. The van der Waals surface area contributed by atoms with E-state index in [0.717, 1.165) is 0 Å². The third-order valence-corrected chi connectivity index (χ3v) is 9.39. The molecule has 0 aliphatic heterocycles. The molecule has 0 saturated heterocycles. The van der Waals surface area contributed by atoms with E-state index in [1.807, 2.05) is 24.3 Å². The Morgan fingerprint density at radius 2 is 0.745 bits per heavy atom. The van der Waals surface area contributed by atoms with Crippen LogP contribution in [0.1, 0.15) is 16.7 Å². The fraction of sp³-hybridized carbons (Fsp3) is 0.0588. The van der Waals surface area contributed by atoms with E-state index >= 15 is 0 Å². The van der Waals surface area contributed by atoms with E-state index in [4.69, 9.17) is 0 Å². The van der Waals surface area contributed by atoms with Gasteiger partial charge in [-0.15, -0.1) is 0 Å². The smallest absolute Gasteiger partial charge is 0.00268 e. The van der Waals surface area contributed by atoms with E-state index < -0.39 is 0 Å². The van der Waals surface area contributed by atoms with Gasteiger partial charge in [0.05, 0.1) is 0 Å². The molecular formula is C51H42. The van der Waals surface area contributed by atoms with E-state index in [1.165, 1.54) is 82.4 Å². The number of hydrogen-bond acceptors (Lipinski definition) is 0. The zero-order valence-corrected chi connectivity index (χ0v) is 29.6. The van der Waals surface area contributed by atoms with Gasteiger partial charge in [-0.1, -0.05) is 211 Å². The summed E-state index contributed by atoms with van der Waals surface area (Å²) in [6.07, 6.45) is 0. The molecule has 0 radical (unpaired) electrons. The van der Waals surface area contributed by atoms with Crippen LogP contribution in [0.3, 0.4) is 0 Å². The lowest BCUT2D eigenvalue weighted by atomic mass is 9.88. The molecule has 0 heteroatoms. The lowest BCUT2D eigenvalue weighted by molar-refractivity contribution is 1.47. The second kappa shape index (κ2) is 15.5. The molecule has 9 aromatic carbocycles. The van der Waals surface area contributed by atoms with Crippen LogP contribution in [0.2, 0.25) is 0 Å². The van der Waals surface area contributed by atoms with E-state index in [2.05, 4.69) is 197 Å². The molecule has 9 rings (SSSR count). The van der Waals surface area contributed by atoms with Gasteiger partial charge >= 0.3 is 0 Å². The Morgan fingerprint density at radius 3 is 1.41 bits per heavy atom. The molecule has 0 amide bonds. The van der Waals surface area contributed by atoms with Crippen LogP contribution >= 0.6 is 0 Å². The number of benzene rings is 9. The highest BCUT2D eigenvalue weighted by Crippen LogP contribution is 2.40. The van der Waals surface area contributed by atoms with Crippen LogP contribution in [0.5, 0.6) is 0 Å². The van der Waals surface area contributed by atoms with Gasteiger partial charge in [0.15, 0.2) is 0 Å². The molecule has 246 valence electrons. The van der Waals surface area contributed by atoms with Crippen molar-refractivity contribution in [1.82, 2.24) is 0 Å². The maximum Gasteiger partial charge on any atom is -0.00268 e. The second-order valence-corrected chi connectivity index (χ2v) is 13.2. The van der Waals surface area contributed by atoms with Gasteiger partial charge in [-0.25, -0.2) is 0 Å². The first-order valence-electron chi connectivity index (χ1n) is 17.7. The van der Waals surface area contributed by atoms with Gasteiger partial charge in [0, 0.05) is 0 Å². The average Bonchev–Trinajstić information content (AvgIpc) is 3.19. The van der Waals surface area contributed by atoms with E-state index in [1.54, 1.807) is 0 Å². The Balaban J connectivity index is 0.000000166. The summed E-state index contributed by atoms with van der Waals surface area (Å²) >= 11 is 0. The van der Waals surface area contributed by atoms with Crippen LogP contribution in [0.4, 0.5) is 0 Å². The minimum atomic E-state index is 1.25. The first-order chi connectivity index (χ1) is 25.0. The molecule has 0 spiro atoms. The van der Waals surface area contributed by atoms with Crippen molar-refractivity contribution in [2.24, 2.45) is 0 Å². The first kappa shape index (κ1) is 33.3. The maximum atomic E-state index is 2.36. The molecule has 0 heterocycles. The van der Waals surface area contributed by atoms with Crippen molar-refractivity contribution in [2.75, 3.05) is 0 Å². The Kier molecular flexibility index (Phi) is 10.1. The summed E-state index contributed by atoms with van der Waals surface area (Å²) in [5, 5.41) is 7.73. The van der Waals surface area contributed by atoms with Crippen molar-refractivity contribution in [2.45, 2.75) is 20.8 Å². The molecule has 0 nitrogen and oxygen atoms in total. The fourth-order valence-corrected chi connectivity index (χ4v) is 6.70. The zero-order valence-electron chi connectivity index (χ0n) is 29.6. The molecule has 0 unspecified atom stereocenters. The minimum absolute atomic E-state index is 1.25. The number of aryl methyl sites for hydroxylation is 3. The molecule has 0 aliphatic rings. The maximum absolute atomic E-state index is 2.36. The number of fused-ring (bicyclic) bond motifs is 4. The van der Waals surface area contributed by atoms with Crippen molar-refractivity contribution in [3.63, 3.8) is 0 Å². The number of rotatable bonds is 3. The monoisotopic (exact) mass is 654 g/mol. The summed E-state index contributed by atoms with van der Waals surface area (Å²) in [5.41, 5.74) is 11.6. The lowest BCUT2D eigenvalue weighted by Crippen LogP contribution is -1.89. The highest BCUT2D eigenvalue weighted by molar-refractivity contribution is 6.10. The third kappa shape index (κ3) is 7.82. The van der Waals surface area contributed by atoms with Gasteiger partial charge in [0.2, 0.25) is 0 Å². The van der Waals surface area contributed by atoms with Crippen LogP contribution < -0.4 is 0 Å². The van der Waals surface area contributed by atoms with Gasteiger partial charge in [0.25, 0.3) is 0 Å². The highest BCUT2D eigenvalue weighted by Gasteiger charge is 2.13. The van der Waals surface area contributed by atoms with Crippen LogP contribution in [0, 0.1) is 20.8 Å². The molecule has 0 saturated carbocycles. The molecule has 0 aromatic heterocycles. The SMILES string of the molecule is Cc1ccc(-c2c(-c3ccc4ccc5ccccc5c4c3)ccc3ccccc23)cc1.Cc1cccc(-c2ccccc2)c1.Cc1ccccc1. The average molecular weight is 655 g/mol. The highest BCUT2D eigenvalue weighted by atomic mass is 14.2. The minimum Gasteiger partial charge on any atom is -0.0622 e. The molecule has 0 aliphatic carbocycles. The number of hydrogen-bond donors (Lipinski definition) is 0. The normalized spacial score (nSPS) is 10.6. The van der Waals surface area contributed by atoms with Crippen molar-refractivity contribution < 1.29 is 0 Å². The van der Waals surface area contributed by atoms with E-state index in [9.17, 15) is 0 Å². The van der Waals surface area contributed by atoms with Crippen LogP contribution in [-0.2, 0) is 0 Å². The Labute approximate surface area is 302 Å². The Hall–Kier alpha value is -6.24. The van der Waals surface area contributed by atoms with Gasteiger partial charge in [-0.05, 0) is 92.5 Å². The second-order valence-electron chi connectivity index (χ2n) is 13.2. The molecule has 0 fully saturated rings. The van der Waals surface area contributed by atoms with Crippen molar-refractivity contribution in [1.29, 1.82) is 0 Å². The zero-order chi connectivity index (χ0) is 35.0. The summed E-state index contributed by atoms with van der Waals surface area (Å²) in [5.74, 6) is 0. The van der Waals surface area contributed by atoms with Crippen LogP contribution in [0.15, 0.2) is 200 Å². The standard InChI is InChI=1S/C31H22.C13H12.C7H8/c1-21-10-12-25(13-11-21)31-28-9-5-3-7-23(28)18-19-29(31)26-17-16-24-15-14-22-6-2-4-8-27(22)30(24)20-26;1-11-6-5-9-13(10-11)12-7-3-2-4-8-12;1-7-5-3-2-4-6-7/h2-20H,1H3;2-10H,1H3;2-6H,1H3. The Morgan fingerprint density at radius 1 is 0.255 bits per heavy atom. The molecule has 9 aromatic rings. The fourth-order valence-electron chi connectivity index (χ4n) is 6.70. The van der Waals surface area contributed by atoms with Gasteiger partial charge in [0.1, 0.15) is 0 Å². The largest absolute Gasteiger partial charge is 0.0622 e. The molecule has 0 N–H and O–H groups in total. The first-order valence-corrected chi connectivity index (χ1v) is 17.7. The third-order valence-electron chi connectivity index (χ3n) is 9.39. The summed E-state index contributed by atoms with van der Waals surface area (Å²) in [4.78, 5) is 0. The molecule has 0 atom stereocenters. The summed E-state index contributed by atoms with van der Waals surface area (Å²) in [7, 11) is 0. The van der Waals surface area contributed by atoms with Gasteiger partial charge < -0.3 is 0 Å². The Bertz CT molecular complexity index is 2520. The van der Waals surface area contributed by atoms with E-state index in [0.29, 0.717) is 0 Å². The lowest BCUT2D eigenvalue weighted by Gasteiger charge is -2.15. The molecule has 51 heavy (non-hydrogen) atoms. The summed E-state index contributed by atoms with van der Waals surface area (Å²) in [6, 6.07) is 71.3.